The summed E-state index contributed by atoms with van der Waals surface area (Å²) in [5.41, 5.74) is 2.02. The summed E-state index contributed by atoms with van der Waals surface area (Å²) in [6.07, 6.45) is 3.46. The lowest BCUT2D eigenvalue weighted by atomic mass is 10.1. The van der Waals surface area contributed by atoms with E-state index in [4.69, 9.17) is 0 Å². The fourth-order valence-corrected chi connectivity index (χ4v) is 2.44. The smallest absolute Gasteiger partial charge is 0.321 e. The van der Waals surface area contributed by atoms with Crippen LogP contribution in [0.5, 0.6) is 0 Å². The first kappa shape index (κ1) is 13.9. The van der Waals surface area contributed by atoms with E-state index in [0.29, 0.717) is 0 Å². The summed E-state index contributed by atoms with van der Waals surface area (Å²) in [6, 6.07) is 8.21. The minimum atomic E-state index is 0.0236. The van der Waals surface area contributed by atoms with Crippen LogP contribution in [0.25, 0.3) is 0 Å². The summed E-state index contributed by atoms with van der Waals surface area (Å²) in [4.78, 5) is 14.1. The molecule has 0 spiro atoms. The Balaban J connectivity index is 2.07. The molecular formula is C15H23N3O. The zero-order valence-corrected chi connectivity index (χ0v) is 11.8. The lowest BCUT2D eigenvalue weighted by molar-refractivity contribution is 0.200. The molecule has 0 aliphatic carbocycles. The second kappa shape index (κ2) is 6.57. The van der Waals surface area contributed by atoms with Gasteiger partial charge in [0.2, 0.25) is 0 Å². The fourth-order valence-electron chi connectivity index (χ4n) is 2.44. The molecule has 2 rings (SSSR count). The standard InChI is InChI=1S/C15H23N3O/c1-12(16-2)13-8-4-5-9-14(13)17-15(19)18-10-6-3-7-11-18/h4-5,8-9,12,16H,3,6-7,10-11H2,1-2H3,(H,17,19). The number of benzene rings is 1. The van der Waals surface area contributed by atoms with E-state index in [2.05, 4.69) is 17.6 Å². The van der Waals surface area contributed by atoms with E-state index in [1.54, 1.807) is 0 Å². The summed E-state index contributed by atoms with van der Waals surface area (Å²) < 4.78 is 0. The van der Waals surface area contributed by atoms with Crippen molar-refractivity contribution in [3.05, 3.63) is 29.8 Å². The summed E-state index contributed by atoms with van der Waals surface area (Å²) >= 11 is 0. The van der Waals surface area contributed by atoms with Crippen LogP contribution in [-0.2, 0) is 0 Å². The van der Waals surface area contributed by atoms with Crippen molar-refractivity contribution in [3.63, 3.8) is 0 Å². The Morgan fingerprint density at radius 2 is 1.89 bits per heavy atom. The highest BCUT2D eigenvalue weighted by Crippen LogP contribution is 2.23. The highest BCUT2D eigenvalue weighted by Gasteiger charge is 2.18. The second-order valence-corrected chi connectivity index (χ2v) is 5.08. The van der Waals surface area contributed by atoms with Crippen LogP contribution in [0.4, 0.5) is 10.5 Å². The molecule has 1 fully saturated rings. The number of urea groups is 1. The third-order valence-electron chi connectivity index (χ3n) is 3.75. The van der Waals surface area contributed by atoms with E-state index >= 15 is 0 Å². The fraction of sp³-hybridized carbons (Fsp3) is 0.533. The lowest BCUT2D eigenvalue weighted by Crippen LogP contribution is -2.39. The highest BCUT2D eigenvalue weighted by molar-refractivity contribution is 5.90. The van der Waals surface area contributed by atoms with Crippen molar-refractivity contribution in [3.8, 4) is 0 Å². The number of rotatable bonds is 3. The second-order valence-electron chi connectivity index (χ2n) is 5.08. The Kier molecular flexibility index (Phi) is 4.80. The van der Waals surface area contributed by atoms with Gasteiger partial charge in [-0.1, -0.05) is 18.2 Å². The molecule has 1 aliphatic heterocycles. The van der Waals surface area contributed by atoms with Crippen molar-refractivity contribution < 1.29 is 4.79 Å². The number of amides is 2. The lowest BCUT2D eigenvalue weighted by Gasteiger charge is -2.27. The van der Waals surface area contributed by atoms with Gasteiger partial charge in [0, 0.05) is 24.8 Å². The first-order chi connectivity index (χ1) is 9.22. The Morgan fingerprint density at radius 3 is 2.58 bits per heavy atom. The molecule has 1 aromatic carbocycles. The van der Waals surface area contributed by atoms with Gasteiger partial charge in [-0.15, -0.1) is 0 Å². The van der Waals surface area contributed by atoms with Crippen molar-refractivity contribution in [2.45, 2.75) is 32.2 Å². The average molecular weight is 261 g/mol. The van der Waals surface area contributed by atoms with Gasteiger partial charge < -0.3 is 15.5 Å². The third kappa shape index (κ3) is 3.47. The Bertz CT molecular complexity index is 427. The van der Waals surface area contributed by atoms with E-state index in [-0.39, 0.29) is 12.1 Å². The first-order valence-corrected chi connectivity index (χ1v) is 7.04. The zero-order chi connectivity index (χ0) is 13.7. The number of piperidine rings is 1. The summed E-state index contributed by atoms with van der Waals surface area (Å²) in [5.74, 6) is 0. The van der Waals surface area contributed by atoms with Crippen LogP contribution in [0.2, 0.25) is 0 Å². The molecule has 0 bridgehead atoms. The van der Waals surface area contributed by atoms with Crippen LogP contribution in [0.1, 0.15) is 37.8 Å². The SMILES string of the molecule is CNC(C)c1ccccc1NC(=O)N1CCCCC1. The normalized spacial score (nSPS) is 17.1. The molecule has 104 valence electrons. The number of nitrogens with one attached hydrogen (secondary N) is 2. The van der Waals surface area contributed by atoms with E-state index < -0.39 is 0 Å². The molecule has 2 amide bonds. The Morgan fingerprint density at radius 1 is 1.21 bits per heavy atom. The maximum absolute atomic E-state index is 12.2. The number of hydrogen-bond acceptors (Lipinski definition) is 2. The molecule has 2 N–H and O–H groups in total. The van der Waals surface area contributed by atoms with Gasteiger partial charge in [0.15, 0.2) is 0 Å². The van der Waals surface area contributed by atoms with E-state index in [9.17, 15) is 4.79 Å². The molecule has 0 aromatic heterocycles. The van der Waals surface area contributed by atoms with Gasteiger partial charge in [-0.05, 0) is 44.9 Å². The maximum atomic E-state index is 12.2. The van der Waals surface area contributed by atoms with Gasteiger partial charge in [0.1, 0.15) is 0 Å². The Hall–Kier alpha value is -1.55. The monoisotopic (exact) mass is 261 g/mol. The number of hydrogen-bond donors (Lipinski definition) is 2. The minimum Gasteiger partial charge on any atom is -0.325 e. The van der Waals surface area contributed by atoms with Crippen LogP contribution in [0.15, 0.2) is 24.3 Å². The van der Waals surface area contributed by atoms with Crippen molar-refractivity contribution >= 4 is 11.7 Å². The van der Waals surface area contributed by atoms with Crippen LogP contribution < -0.4 is 10.6 Å². The molecular weight excluding hydrogens is 238 g/mol. The molecule has 1 unspecified atom stereocenters. The highest BCUT2D eigenvalue weighted by atomic mass is 16.2. The molecule has 1 atom stereocenters. The van der Waals surface area contributed by atoms with Crippen LogP contribution >= 0.6 is 0 Å². The molecule has 19 heavy (non-hydrogen) atoms. The number of carbonyl (C=O) groups is 1. The largest absolute Gasteiger partial charge is 0.325 e. The first-order valence-electron chi connectivity index (χ1n) is 7.04. The number of anilines is 1. The molecule has 1 aromatic rings. The number of nitrogens with zero attached hydrogens (tertiary/aromatic N) is 1. The van der Waals surface area contributed by atoms with Gasteiger partial charge >= 0.3 is 6.03 Å². The average Bonchev–Trinajstić information content (AvgIpc) is 2.48. The molecule has 1 aliphatic rings. The van der Waals surface area contributed by atoms with Crippen molar-refractivity contribution in [1.82, 2.24) is 10.2 Å². The molecule has 1 heterocycles. The van der Waals surface area contributed by atoms with Gasteiger partial charge in [0.05, 0.1) is 0 Å². The van der Waals surface area contributed by atoms with Gasteiger partial charge in [-0.25, -0.2) is 4.79 Å². The quantitative estimate of drug-likeness (QED) is 0.878. The van der Waals surface area contributed by atoms with Crippen LogP contribution in [0.3, 0.4) is 0 Å². The minimum absolute atomic E-state index is 0.0236. The van der Waals surface area contributed by atoms with Crippen molar-refractivity contribution in [1.29, 1.82) is 0 Å². The predicted octanol–water partition coefficient (Wildman–Crippen LogP) is 2.98. The zero-order valence-electron chi connectivity index (χ0n) is 11.8. The third-order valence-corrected chi connectivity index (χ3v) is 3.75. The van der Waals surface area contributed by atoms with E-state index in [1.165, 1.54) is 6.42 Å². The van der Waals surface area contributed by atoms with Gasteiger partial charge in [-0.3, -0.25) is 0 Å². The van der Waals surface area contributed by atoms with Crippen LogP contribution in [0, 0.1) is 0 Å². The van der Waals surface area contributed by atoms with E-state index in [1.807, 2.05) is 36.2 Å². The molecule has 4 heteroatoms. The number of carbonyl (C=O) groups excluding carboxylic acids is 1. The summed E-state index contributed by atoms with van der Waals surface area (Å²) in [6.45, 7) is 3.83. The van der Waals surface area contributed by atoms with Gasteiger partial charge in [0.25, 0.3) is 0 Å². The van der Waals surface area contributed by atoms with E-state index in [0.717, 1.165) is 37.2 Å². The van der Waals surface area contributed by atoms with Crippen molar-refractivity contribution in [2.24, 2.45) is 0 Å². The van der Waals surface area contributed by atoms with Crippen LogP contribution in [-0.4, -0.2) is 31.1 Å². The predicted molar refractivity (Wildman–Crippen MR) is 78.4 cm³/mol. The molecule has 4 nitrogen and oxygen atoms in total. The Labute approximate surface area is 115 Å². The summed E-state index contributed by atoms with van der Waals surface area (Å²) in [7, 11) is 1.92. The number of para-hydroxylation sites is 1. The topological polar surface area (TPSA) is 44.4 Å². The summed E-state index contributed by atoms with van der Waals surface area (Å²) in [5, 5.41) is 6.25. The van der Waals surface area contributed by atoms with Gasteiger partial charge in [-0.2, -0.15) is 0 Å². The maximum Gasteiger partial charge on any atom is 0.321 e. The molecule has 0 saturated carbocycles. The van der Waals surface area contributed by atoms with Crippen molar-refractivity contribution in [2.75, 3.05) is 25.5 Å². The molecule has 0 radical (unpaired) electrons. The molecule has 1 saturated heterocycles. The number of likely N-dealkylation sites (tertiary alicyclic amines) is 1.